The molecule has 2 fully saturated rings. The fraction of sp³-hybridized carbons (Fsp3) is 0.824. The lowest BCUT2D eigenvalue weighted by atomic mass is 9.94. The van der Waals surface area contributed by atoms with Crippen LogP contribution in [0.25, 0.3) is 0 Å². The average Bonchev–Trinajstić information content (AvgIpc) is 3.03. The van der Waals surface area contributed by atoms with Crippen molar-refractivity contribution in [2.45, 2.75) is 63.9 Å². The number of esters is 1. The molecule has 0 N–H and O–H groups in total. The molecule has 2 saturated carbocycles. The molecule has 3 heteroatoms. The monoisotopic (exact) mass is 278 g/mol. The SMILES string of the molecule is O=C(OCOC1CCCCCCC1)C1CC2C=CC1C2. The molecule has 0 heterocycles. The summed E-state index contributed by atoms with van der Waals surface area (Å²) in [4.78, 5) is 12.1. The summed E-state index contributed by atoms with van der Waals surface area (Å²) in [7, 11) is 0. The van der Waals surface area contributed by atoms with E-state index in [4.69, 9.17) is 9.47 Å². The van der Waals surface area contributed by atoms with Gasteiger partial charge in [0.05, 0.1) is 12.0 Å². The van der Waals surface area contributed by atoms with Crippen LogP contribution in [0.5, 0.6) is 0 Å². The lowest BCUT2D eigenvalue weighted by Gasteiger charge is -2.21. The van der Waals surface area contributed by atoms with Gasteiger partial charge in [0.1, 0.15) is 0 Å². The number of allylic oxidation sites excluding steroid dienone is 2. The summed E-state index contributed by atoms with van der Waals surface area (Å²) in [6.07, 6.45) is 15.6. The maximum absolute atomic E-state index is 12.1. The molecule has 3 atom stereocenters. The number of hydrogen-bond donors (Lipinski definition) is 0. The van der Waals surface area contributed by atoms with Gasteiger partial charge in [-0.25, -0.2) is 0 Å². The number of ether oxygens (including phenoxy) is 2. The summed E-state index contributed by atoms with van der Waals surface area (Å²) < 4.78 is 11.1. The third kappa shape index (κ3) is 3.43. The molecule has 0 aliphatic heterocycles. The van der Waals surface area contributed by atoms with E-state index in [-0.39, 0.29) is 18.7 Å². The van der Waals surface area contributed by atoms with E-state index in [1.54, 1.807) is 0 Å². The molecule has 3 unspecified atom stereocenters. The number of rotatable bonds is 4. The average molecular weight is 278 g/mol. The number of carbonyl (C=O) groups excluding carboxylic acids is 1. The topological polar surface area (TPSA) is 35.5 Å². The Kier molecular flexibility index (Phi) is 4.77. The maximum Gasteiger partial charge on any atom is 0.311 e. The first-order chi connectivity index (χ1) is 9.83. The van der Waals surface area contributed by atoms with Gasteiger partial charge in [-0.1, -0.05) is 44.3 Å². The molecule has 0 aromatic heterocycles. The van der Waals surface area contributed by atoms with Gasteiger partial charge < -0.3 is 9.47 Å². The third-order valence-electron chi connectivity index (χ3n) is 5.14. The Hall–Kier alpha value is -0.830. The lowest BCUT2D eigenvalue weighted by molar-refractivity contribution is -0.167. The molecule has 3 rings (SSSR count). The molecule has 0 spiro atoms. The quantitative estimate of drug-likeness (QED) is 0.445. The normalized spacial score (nSPS) is 33.9. The molecule has 0 saturated heterocycles. The summed E-state index contributed by atoms with van der Waals surface area (Å²) in [5.41, 5.74) is 0. The van der Waals surface area contributed by atoms with E-state index in [1.807, 2.05) is 0 Å². The minimum Gasteiger partial charge on any atom is -0.438 e. The van der Waals surface area contributed by atoms with E-state index < -0.39 is 0 Å². The van der Waals surface area contributed by atoms with E-state index in [9.17, 15) is 4.79 Å². The van der Waals surface area contributed by atoms with Crippen LogP contribution in [-0.2, 0) is 14.3 Å². The summed E-state index contributed by atoms with van der Waals surface area (Å²) in [6, 6.07) is 0. The van der Waals surface area contributed by atoms with Crippen molar-refractivity contribution >= 4 is 5.97 Å². The summed E-state index contributed by atoms with van der Waals surface area (Å²) in [5, 5.41) is 0. The van der Waals surface area contributed by atoms with E-state index in [0.717, 1.165) is 25.7 Å². The molecule has 0 aromatic carbocycles. The van der Waals surface area contributed by atoms with Gasteiger partial charge in [0.15, 0.2) is 6.79 Å². The van der Waals surface area contributed by atoms with Crippen LogP contribution >= 0.6 is 0 Å². The first kappa shape index (κ1) is 14.1. The number of fused-ring (bicyclic) bond motifs is 2. The molecule has 0 amide bonds. The summed E-state index contributed by atoms with van der Waals surface area (Å²) in [5.74, 6) is 1.08. The molecule has 2 bridgehead atoms. The Morgan fingerprint density at radius 2 is 1.75 bits per heavy atom. The van der Waals surface area contributed by atoms with Crippen LogP contribution in [0, 0.1) is 17.8 Å². The predicted molar refractivity (Wildman–Crippen MR) is 77.0 cm³/mol. The first-order valence-corrected chi connectivity index (χ1v) is 8.29. The highest BCUT2D eigenvalue weighted by molar-refractivity contribution is 5.74. The highest BCUT2D eigenvalue weighted by atomic mass is 16.7. The Morgan fingerprint density at radius 1 is 1.00 bits per heavy atom. The fourth-order valence-corrected chi connectivity index (χ4v) is 3.93. The van der Waals surface area contributed by atoms with Crippen molar-refractivity contribution in [1.82, 2.24) is 0 Å². The summed E-state index contributed by atoms with van der Waals surface area (Å²) >= 11 is 0. The number of hydrogen-bond acceptors (Lipinski definition) is 3. The van der Waals surface area contributed by atoms with Crippen LogP contribution in [-0.4, -0.2) is 18.9 Å². The molecule has 3 aliphatic rings. The van der Waals surface area contributed by atoms with Crippen LogP contribution in [0.1, 0.15) is 57.8 Å². The van der Waals surface area contributed by atoms with Crippen molar-refractivity contribution < 1.29 is 14.3 Å². The smallest absolute Gasteiger partial charge is 0.311 e. The molecule has 112 valence electrons. The molecular formula is C17H26O3. The highest BCUT2D eigenvalue weighted by Gasteiger charge is 2.40. The molecular weight excluding hydrogens is 252 g/mol. The van der Waals surface area contributed by atoms with E-state index in [0.29, 0.717) is 17.9 Å². The van der Waals surface area contributed by atoms with E-state index in [1.165, 1.54) is 32.1 Å². The van der Waals surface area contributed by atoms with Crippen LogP contribution < -0.4 is 0 Å². The van der Waals surface area contributed by atoms with Crippen LogP contribution in [0.4, 0.5) is 0 Å². The van der Waals surface area contributed by atoms with Crippen LogP contribution in [0.15, 0.2) is 12.2 Å². The van der Waals surface area contributed by atoms with Crippen molar-refractivity contribution in [3.63, 3.8) is 0 Å². The Morgan fingerprint density at radius 3 is 2.40 bits per heavy atom. The molecule has 0 aromatic rings. The Balaban J connectivity index is 1.36. The number of carbonyl (C=O) groups is 1. The highest BCUT2D eigenvalue weighted by Crippen LogP contribution is 2.43. The second kappa shape index (κ2) is 6.75. The van der Waals surface area contributed by atoms with Gasteiger partial charge in [0.25, 0.3) is 0 Å². The van der Waals surface area contributed by atoms with Crippen molar-refractivity contribution in [2.24, 2.45) is 17.8 Å². The zero-order valence-corrected chi connectivity index (χ0v) is 12.3. The van der Waals surface area contributed by atoms with Gasteiger partial charge in [0.2, 0.25) is 0 Å². The minimum atomic E-state index is -0.0484. The lowest BCUT2D eigenvalue weighted by Crippen LogP contribution is -2.24. The second-order valence-corrected chi connectivity index (χ2v) is 6.60. The largest absolute Gasteiger partial charge is 0.438 e. The van der Waals surface area contributed by atoms with Crippen molar-refractivity contribution in [3.8, 4) is 0 Å². The first-order valence-electron chi connectivity index (χ1n) is 8.29. The summed E-state index contributed by atoms with van der Waals surface area (Å²) in [6.45, 7) is 0.154. The zero-order chi connectivity index (χ0) is 13.8. The van der Waals surface area contributed by atoms with Crippen molar-refractivity contribution in [3.05, 3.63) is 12.2 Å². The minimum absolute atomic E-state index is 0.0484. The second-order valence-electron chi connectivity index (χ2n) is 6.60. The van der Waals surface area contributed by atoms with Crippen LogP contribution in [0.3, 0.4) is 0 Å². The predicted octanol–water partition coefficient (Wildman–Crippen LogP) is 3.83. The van der Waals surface area contributed by atoms with E-state index in [2.05, 4.69) is 12.2 Å². The standard InChI is InChI=1S/C17H26O3/c18-17(16-11-13-8-9-14(16)10-13)20-12-19-15-6-4-2-1-3-5-7-15/h8-9,13-16H,1-7,10-12H2. The van der Waals surface area contributed by atoms with Crippen molar-refractivity contribution in [2.75, 3.05) is 6.79 Å². The van der Waals surface area contributed by atoms with Gasteiger partial charge in [0, 0.05) is 0 Å². The van der Waals surface area contributed by atoms with Gasteiger partial charge in [-0.3, -0.25) is 4.79 Å². The Bertz CT molecular complexity index is 355. The van der Waals surface area contributed by atoms with E-state index >= 15 is 0 Å². The van der Waals surface area contributed by atoms with Gasteiger partial charge in [-0.2, -0.15) is 0 Å². The van der Waals surface area contributed by atoms with Gasteiger partial charge in [-0.15, -0.1) is 0 Å². The third-order valence-corrected chi connectivity index (χ3v) is 5.14. The van der Waals surface area contributed by atoms with Gasteiger partial charge >= 0.3 is 5.97 Å². The van der Waals surface area contributed by atoms with Gasteiger partial charge in [-0.05, 0) is 37.5 Å². The molecule has 3 aliphatic carbocycles. The Labute approximate surface area is 121 Å². The maximum atomic E-state index is 12.1. The van der Waals surface area contributed by atoms with Crippen LogP contribution in [0.2, 0.25) is 0 Å². The zero-order valence-electron chi connectivity index (χ0n) is 12.3. The fourth-order valence-electron chi connectivity index (χ4n) is 3.93. The molecule has 20 heavy (non-hydrogen) atoms. The molecule has 0 radical (unpaired) electrons. The molecule has 3 nitrogen and oxygen atoms in total. The van der Waals surface area contributed by atoms with Crippen molar-refractivity contribution in [1.29, 1.82) is 0 Å².